The van der Waals surface area contributed by atoms with E-state index in [1.54, 1.807) is 0 Å². The molecule has 0 bridgehead atoms. The Hall–Kier alpha value is 1.55. The third-order valence-corrected chi connectivity index (χ3v) is 15.5. The van der Waals surface area contributed by atoms with E-state index in [2.05, 4.69) is 20.4 Å². The molecule has 0 aliphatic heterocycles. The predicted molar refractivity (Wildman–Crippen MR) is 63.0 cm³/mol. The van der Waals surface area contributed by atoms with Crippen molar-refractivity contribution >= 4 is 56.3 Å². The van der Waals surface area contributed by atoms with E-state index in [4.69, 9.17) is 5.31 Å². The Labute approximate surface area is 112 Å². The van der Waals surface area contributed by atoms with Gasteiger partial charge in [0.05, 0.1) is 0 Å². The fourth-order valence-corrected chi connectivity index (χ4v) is 15.0. The molecule has 0 aromatic rings. The van der Waals surface area contributed by atoms with Crippen LogP contribution in [0.4, 0.5) is 0 Å². The summed E-state index contributed by atoms with van der Waals surface area (Å²) in [5.41, 5.74) is 1.21. The van der Waals surface area contributed by atoms with Crippen molar-refractivity contribution in [2.24, 2.45) is 0 Å². The molecule has 13 heavy (non-hydrogen) atoms. The van der Waals surface area contributed by atoms with E-state index in [9.17, 15) is 0 Å². The Morgan fingerprint density at radius 1 is 1.62 bits per heavy atom. The summed E-state index contributed by atoms with van der Waals surface area (Å²) in [7, 11) is -1.78. The second kappa shape index (κ2) is 7.79. The van der Waals surface area contributed by atoms with Gasteiger partial charge in [0.1, 0.15) is 0 Å². The van der Waals surface area contributed by atoms with Crippen LogP contribution in [0.1, 0.15) is 26.7 Å². The quantitative estimate of drug-likeness (QED) is 0.465. The van der Waals surface area contributed by atoms with E-state index in [1.807, 2.05) is 0 Å². The maximum absolute atomic E-state index is 5.80. The number of unbranched alkanes of at least 4 members (excludes halogenated alkanes) is 1. The molecule has 5 heteroatoms. The zero-order valence-corrected chi connectivity index (χ0v) is 18.9. The van der Waals surface area contributed by atoms with Crippen LogP contribution >= 0.6 is 0 Å². The van der Waals surface area contributed by atoms with Crippen molar-refractivity contribution in [3.8, 4) is 0 Å². The summed E-state index contributed by atoms with van der Waals surface area (Å²) in [5, 5.41) is 0. The Kier molecular flexibility index (Phi) is 8.71. The van der Waals surface area contributed by atoms with E-state index in [-0.39, 0.29) is 0 Å². The van der Waals surface area contributed by atoms with Crippen molar-refractivity contribution < 1.29 is 5.31 Å². The Morgan fingerprint density at radius 3 is 2.54 bits per heavy atom. The molecule has 2 nitrogen and oxygen atoms in total. The Bertz CT molecular complexity index is 162. The molecule has 0 aromatic carbocycles. The van der Waals surface area contributed by atoms with Gasteiger partial charge in [-0.15, -0.1) is 0 Å². The second-order valence-corrected chi connectivity index (χ2v) is 12.3. The second-order valence-electron chi connectivity index (χ2n) is 3.47. The minimum atomic E-state index is -1.78. The zero-order chi connectivity index (χ0) is 10.3. The van der Waals surface area contributed by atoms with Gasteiger partial charge in [-0.3, -0.25) is 0 Å². The van der Waals surface area contributed by atoms with Gasteiger partial charge in [0.2, 0.25) is 0 Å². The summed E-state index contributed by atoms with van der Waals surface area (Å²) < 4.78 is 11.5. The third kappa shape index (κ3) is 5.87. The van der Waals surface area contributed by atoms with E-state index in [0.717, 1.165) is 35.0 Å². The number of rotatable bonds is 7. The normalized spacial score (nSPS) is 15.3. The van der Waals surface area contributed by atoms with Crippen LogP contribution in [0.5, 0.6) is 0 Å². The summed E-state index contributed by atoms with van der Waals surface area (Å²) in [4.78, 5) is 0. The van der Waals surface area contributed by atoms with Crippen LogP contribution < -0.4 is 0 Å². The van der Waals surface area contributed by atoms with E-state index < -0.39 is 8.56 Å². The van der Waals surface area contributed by atoms with Crippen LogP contribution in [-0.4, -0.2) is 56.3 Å². The fraction of sp³-hybridized carbons (Fsp3) is 0.750. The van der Waals surface area contributed by atoms with Crippen LogP contribution in [0.15, 0.2) is 12.2 Å². The van der Waals surface area contributed by atoms with Crippen molar-refractivity contribution in [1.82, 2.24) is 0 Å². The van der Waals surface area contributed by atoms with E-state index in [1.165, 1.54) is 18.4 Å². The van der Waals surface area contributed by atoms with Gasteiger partial charge >= 0.3 is 113 Å². The first kappa shape index (κ1) is 14.5. The average Bonchev–Trinajstić information content (AvgIpc) is 2.12. The molecule has 0 rings (SSSR count). The molecule has 2 radical (unpaired) electrons. The Balaban J connectivity index is 4.21. The van der Waals surface area contributed by atoms with Crippen molar-refractivity contribution in [1.29, 1.82) is 0 Å². The summed E-state index contributed by atoms with van der Waals surface area (Å²) >= 11 is 1.16. The van der Waals surface area contributed by atoms with Crippen molar-refractivity contribution in [3.05, 3.63) is 12.2 Å². The average molecular weight is 409 g/mol. The summed E-state index contributed by atoms with van der Waals surface area (Å²) in [6.07, 6.45) is 2.47. The molecule has 0 aliphatic carbocycles. The monoisotopic (exact) mass is 410 g/mol. The van der Waals surface area contributed by atoms with E-state index >= 15 is 0 Å². The minimum absolute atomic E-state index is 0.290. The van der Waals surface area contributed by atoms with Crippen LogP contribution in [0.3, 0.4) is 0 Å². The first-order valence-electron chi connectivity index (χ1n) is 4.67. The van der Waals surface area contributed by atoms with Gasteiger partial charge in [0.15, 0.2) is 0 Å². The molecule has 1 unspecified atom stereocenters. The molecule has 0 spiro atoms. The molecule has 0 amide bonds. The summed E-state index contributed by atoms with van der Waals surface area (Å²) in [6, 6.07) is 2.16. The molecular weight excluding hydrogens is 390 g/mol. The topological polar surface area (TPSA) is 18.5 Å². The molecule has 0 saturated heterocycles. The van der Waals surface area contributed by atoms with Gasteiger partial charge in [0.25, 0.3) is 0 Å². The summed E-state index contributed by atoms with van der Waals surface area (Å²) in [5.74, 6) is 0. The number of allylic oxidation sites excluding steroid dienone is 1. The molecule has 0 heterocycles. The molecule has 74 valence electrons. The van der Waals surface area contributed by atoms with Crippen molar-refractivity contribution in [3.63, 3.8) is 0 Å². The van der Waals surface area contributed by atoms with E-state index in [0.29, 0.717) is 24.8 Å². The molecule has 0 aromatic heterocycles. The molecule has 1 atom stereocenters. The van der Waals surface area contributed by atoms with Crippen molar-refractivity contribution in [2.75, 3.05) is 0 Å². The fourth-order valence-electron chi connectivity index (χ4n) is 1.32. The van der Waals surface area contributed by atoms with Crippen LogP contribution in [0.2, 0.25) is 12.1 Å². The van der Waals surface area contributed by atoms with Gasteiger partial charge < -0.3 is 0 Å². The van der Waals surface area contributed by atoms with Gasteiger partial charge in [-0.2, -0.15) is 0 Å². The van der Waals surface area contributed by atoms with Crippen LogP contribution in [0.25, 0.3) is 0 Å². The zero-order valence-electron chi connectivity index (χ0n) is 8.93. The molecule has 0 saturated carbocycles. The SMILES string of the molecule is C=C(C)C[Si](CCCC)([O][InH2])[O][SnH]. The van der Waals surface area contributed by atoms with Gasteiger partial charge in [0, 0.05) is 0 Å². The summed E-state index contributed by atoms with van der Waals surface area (Å²) in [6.45, 7) is 8.24. The number of hydrogen-bond donors (Lipinski definition) is 0. The van der Waals surface area contributed by atoms with Crippen molar-refractivity contribution in [2.45, 2.75) is 38.8 Å². The van der Waals surface area contributed by atoms with Crippen LogP contribution in [-0.2, 0) is 5.31 Å². The predicted octanol–water partition coefficient (Wildman–Crippen LogP) is 1.20. The maximum atomic E-state index is 5.80. The standard InChI is InChI=1S/C8H16O2Si.In.Sn.3H/c1-4-5-6-11(9,10)7-8(2)3;;;;;/h2,4-7H2,1,3H3;;;;;/q-2;2*+1;;;. The third-order valence-electron chi connectivity index (χ3n) is 2.07. The first-order chi connectivity index (χ1) is 6.10. The molecule has 0 N–H and O–H groups in total. The molecule has 0 aliphatic rings. The van der Waals surface area contributed by atoms with Gasteiger partial charge in [-0.05, 0) is 0 Å². The van der Waals surface area contributed by atoms with Gasteiger partial charge in [-0.25, -0.2) is 0 Å². The van der Waals surface area contributed by atoms with Crippen LogP contribution in [0, 0.1) is 0 Å². The molecule has 0 fully saturated rings. The Morgan fingerprint density at radius 2 is 2.23 bits per heavy atom. The molecular formula is C8H19InO2SiSn. The van der Waals surface area contributed by atoms with Gasteiger partial charge in [-0.1, -0.05) is 0 Å². The first-order valence-corrected chi connectivity index (χ1v) is 10.6. The number of hydrogen-bond acceptors (Lipinski definition) is 2.